The van der Waals surface area contributed by atoms with Crippen LogP contribution in [0, 0.1) is 5.92 Å². The number of aliphatic imine (C=N–C) groups is 1. The summed E-state index contributed by atoms with van der Waals surface area (Å²) in [4.78, 5) is 18.9. The number of nitrogens with zero attached hydrogens (tertiary/aromatic N) is 2. The minimum absolute atomic E-state index is 0.0568. The Hall–Kier alpha value is -0.770. The number of amides is 1. The molecule has 0 unspecified atom stereocenters. The number of carbonyl (C=O) groups is 1. The van der Waals surface area contributed by atoms with E-state index in [0.717, 1.165) is 34.7 Å². The van der Waals surface area contributed by atoms with Gasteiger partial charge in [-0.25, -0.2) is 0 Å². The molecule has 0 atom stereocenters. The molecule has 88 valence electrons. The number of carbonyl (C=O) groups excluding carboxylic acids is 1. The highest BCUT2D eigenvalue weighted by Gasteiger charge is 2.28. The molecular weight excluding hydrogens is 220 g/mol. The van der Waals surface area contributed by atoms with Crippen LogP contribution in [0.3, 0.4) is 0 Å². The van der Waals surface area contributed by atoms with Gasteiger partial charge >= 0.3 is 0 Å². The van der Waals surface area contributed by atoms with Gasteiger partial charge in [-0.15, -0.1) is 0 Å². The van der Waals surface area contributed by atoms with Crippen molar-refractivity contribution >= 4 is 22.8 Å². The van der Waals surface area contributed by atoms with Gasteiger partial charge in [0.15, 0.2) is 5.17 Å². The van der Waals surface area contributed by atoms with Crippen LogP contribution < -0.4 is 0 Å². The average molecular weight is 238 g/mol. The summed E-state index contributed by atoms with van der Waals surface area (Å²) in [6.45, 7) is 8.30. The Morgan fingerprint density at radius 1 is 1.38 bits per heavy atom. The highest BCUT2D eigenvalue weighted by atomic mass is 32.2. The lowest BCUT2D eigenvalue weighted by Crippen LogP contribution is -2.35. The van der Waals surface area contributed by atoms with Gasteiger partial charge in [-0.1, -0.05) is 12.5 Å². The molecule has 1 fully saturated rings. The summed E-state index contributed by atoms with van der Waals surface area (Å²) in [6, 6.07) is 0. The van der Waals surface area contributed by atoms with Gasteiger partial charge in [0.05, 0.1) is 4.91 Å². The molecule has 2 aliphatic rings. The molecule has 2 rings (SSSR count). The van der Waals surface area contributed by atoms with Gasteiger partial charge < -0.3 is 4.90 Å². The van der Waals surface area contributed by atoms with E-state index in [9.17, 15) is 4.79 Å². The van der Waals surface area contributed by atoms with Crippen molar-refractivity contribution in [2.75, 3.05) is 13.1 Å². The number of amidine groups is 1. The maximum absolute atomic E-state index is 11.6. The summed E-state index contributed by atoms with van der Waals surface area (Å²) in [5.41, 5.74) is 1.07. The van der Waals surface area contributed by atoms with Crippen LogP contribution in [0.5, 0.6) is 0 Å². The second-order valence-electron chi connectivity index (χ2n) is 4.80. The molecule has 0 spiro atoms. The maximum Gasteiger partial charge on any atom is 0.286 e. The van der Waals surface area contributed by atoms with Crippen LogP contribution in [0.1, 0.15) is 33.6 Å². The van der Waals surface area contributed by atoms with E-state index in [1.807, 2.05) is 13.8 Å². The van der Waals surface area contributed by atoms with Gasteiger partial charge in [-0.3, -0.25) is 4.79 Å². The number of rotatable bonds is 0. The van der Waals surface area contributed by atoms with E-state index in [1.165, 1.54) is 12.8 Å². The molecule has 4 heteroatoms. The summed E-state index contributed by atoms with van der Waals surface area (Å²) in [7, 11) is 0. The molecule has 0 N–H and O–H groups in total. The molecule has 1 amide bonds. The lowest BCUT2D eigenvalue weighted by atomic mass is 10.00. The second kappa shape index (κ2) is 4.62. The van der Waals surface area contributed by atoms with E-state index >= 15 is 0 Å². The quantitative estimate of drug-likeness (QED) is 0.608. The summed E-state index contributed by atoms with van der Waals surface area (Å²) in [5, 5.41) is 0.910. The Labute approximate surface area is 101 Å². The van der Waals surface area contributed by atoms with Crippen molar-refractivity contribution in [1.82, 2.24) is 4.90 Å². The molecule has 0 aromatic rings. The molecule has 0 aliphatic carbocycles. The average Bonchev–Trinajstić information content (AvgIpc) is 2.61. The standard InChI is InChI=1S/C12H18N2OS/c1-8(2)10-11(15)13-12(16-10)14-6-4-9(3)5-7-14/h9H,4-7H2,1-3H3. The van der Waals surface area contributed by atoms with E-state index in [1.54, 1.807) is 11.8 Å². The minimum atomic E-state index is -0.0568. The fourth-order valence-corrected chi connectivity index (χ4v) is 2.91. The van der Waals surface area contributed by atoms with Crippen LogP contribution in [-0.4, -0.2) is 29.1 Å². The van der Waals surface area contributed by atoms with Crippen LogP contribution in [0.2, 0.25) is 0 Å². The number of hydrogen-bond donors (Lipinski definition) is 0. The Morgan fingerprint density at radius 2 is 2.00 bits per heavy atom. The van der Waals surface area contributed by atoms with Crippen LogP contribution in [-0.2, 0) is 4.79 Å². The van der Waals surface area contributed by atoms with Gasteiger partial charge in [0.1, 0.15) is 0 Å². The van der Waals surface area contributed by atoms with Gasteiger partial charge in [-0.2, -0.15) is 4.99 Å². The SMILES string of the molecule is CC(C)=C1SC(N2CCC(C)CC2)=NC1=O. The zero-order chi connectivity index (χ0) is 11.7. The Bertz CT molecular complexity index is 361. The summed E-state index contributed by atoms with van der Waals surface area (Å²) in [5.74, 6) is 0.750. The molecule has 0 saturated carbocycles. The van der Waals surface area contributed by atoms with Crippen molar-refractivity contribution in [2.24, 2.45) is 10.9 Å². The predicted molar refractivity (Wildman–Crippen MR) is 68.4 cm³/mol. The van der Waals surface area contributed by atoms with E-state index in [-0.39, 0.29) is 5.91 Å². The molecule has 0 radical (unpaired) electrons. The summed E-state index contributed by atoms with van der Waals surface area (Å²) in [6.07, 6.45) is 2.41. The zero-order valence-corrected chi connectivity index (χ0v) is 10.9. The van der Waals surface area contributed by atoms with Crippen molar-refractivity contribution in [1.29, 1.82) is 0 Å². The molecule has 16 heavy (non-hydrogen) atoms. The number of hydrogen-bond acceptors (Lipinski definition) is 3. The molecule has 0 aromatic carbocycles. The number of thioether (sulfide) groups is 1. The zero-order valence-electron chi connectivity index (χ0n) is 10.1. The molecule has 2 heterocycles. The lowest BCUT2D eigenvalue weighted by Gasteiger charge is -2.30. The van der Waals surface area contributed by atoms with E-state index in [4.69, 9.17) is 0 Å². The Kier molecular flexibility index (Phi) is 3.38. The molecular formula is C12H18N2OS. The third-order valence-electron chi connectivity index (χ3n) is 3.09. The van der Waals surface area contributed by atoms with Gasteiger partial charge in [-0.05, 0) is 44.4 Å². The Balaban J connectivity index is 2.05. The largest absolute Gasteiger partial charge is 0.351 e. The lowest BCUT2D eigenvalue weighted by molar-refractivity contribution is -0.113. The molecule has 2 aliphatic heterocycles. The summed E-state index contributed by atoms with van der Waals surface area (Å²) >= 11 is 1.54. The van der Waals surface area contributed by atoms with Crippen LogP contribution >= 0.6 is 11.8 Å². The molecule has 1 saturated heterocycles. The smallest absolute Gasteiger partial charge is 0.286 e. The first-order valence-corrected chi connectivity index (χ1v) is 6.63. The maximum atomic E-state index is 11.6. The van der Waals surface area contributed by atoms with Crippen LogP contribution in [0.25, 0.3) is 0 Å². The van der Waals surface area contributed by atoms with E-state index in [2.05, 4.69) is 16.8 Å². The van der Waals surface area contributed by atoms with Crippen molar-refractivity contribution < 1.29 is 4.79 Å². The molecule has 0 bridgehead atoms. The number of likely N-dealkylation sites (tertiary alicyclic amines) is 1. The van der Waals surface area contributed by atoms with Crippen molar-refractivity contribution in [3.63, 3.8) is 0 Å². The third-order valence-corrected chi connectivity index (χ3v) is 4.41. The first kappa shape index (κ1) is 11.7. The normalized spacial score (nSPS) is 22.7. The van der Waals surface area contributed by atoms with E-state index in [0.29, 0.717) is 0 Å². The van der Waals surface area contributed by atoms with Crippen molar-refractivity contribution in [3.8, 4) is 0 Å². The predicted octanol–water partition coefficient (Wildman–Crippen LogP) is 2.64. The highest BCUT2D eigenvalue weighted by molar-refractivity contribution is 8.18. The highest BCUT2D eigenvalue weighted by Crippen LogP contribution is 2.32. The van der Waals surface area contributed by atoms with E-state index < -0.39 is 0 Å². The minimum Gasteiger partial charge on any atom is -0.351 e. The first-order valence-electron chi connectivity index (χ1n) is 5.81. The van der Waals surface area contributed by atoms with Gasteiger partial charge in [0, 0.05) is 13.1 Å². The fraction of sp³-hybridized carbons (Fsp3) is 0.667. The van der Waals surface area contributed by atoms with Crippen molar-refractivity contribution in [3.05, 3.63) is 10.5 Å². The first-order chi connectivity index (χ1) is 7.58. The van der Waals surface area contributed by atoms with Crippen LogP contribution in [0.15, 0.2) is 15.5 Å². The summed E-state index contributed by atoms with van der Waals surface area (Å²) < 4.78 is 0. The van der Waals surface area contributed by atoms with Gasteiger partial charge in [0.2, 0.25) is 0 Å². The topological polar surface area (TPSA) is 32.7 Å². The monoisotopic (exact) mass is 238 g/mol. The number of allylic oxidation sites excluding steroid dienone is 1. The van der Waals surface area contributed by atoms with Crippen LogP contribution in [0.4, 0.5) is 0 Å². The number of piperidine rings is 1. The van der Waals surface area contributed by atoms with Crippen molar-refractivity contribution in [2.45, 2.75) is 33.6 Å². The Morgan fingerprint density at radius 3 is 2.50 bits per heavy atom. The molecule has 0 aromatic heterocycles. The molecule has 3 nitrogen and oxygen atoms in total. The van der Waals surface area contributed by atoms with Gasteiger partial charge in [0.25, 0.3) is 5.91 Å². The fourth-order valence-electron chi connectivity index (χ4n) is 1.95. The second-order valence-corrected chi connectivity index (χ2v) is 5.78. The third kappa shape index (κ3) is 2.32.